The Morgan fingerprint density at radius 1 is 1.50 bits per heavy atom. The molecule has 0 saturated heterocycles. The number of carboxylic acids is 1. The molecule has 5 heteroatoms. The third-order valence-electron chi connectivity index (χ3n) is 3.00. The van der Waals surface area contributed by atoms with Crippen molar-refractivity contribution in [1.82, 2.24) is 4.90 Å². The van der Waals surface area contributed by atoms with Crippen molar-refractivity contribution in [2.75, 3.05) is 7.05 Å². The third kappa shape index (κ3) is 5.17. The predicted molar refractivity (Wildman–Crippen MR) is 81.5 cm³/mol. The summed E-state index contributed by atoms with van der Waals surface area (Å²) >= 11 is 1.48. The molecule has 1 N–H and O–H groups in total. The Bertz CT molecular complexity index is 493. The number of amides is 1. The average Bonchev–Trinajstić information content (AvgIpc) is 2.83. The molecule has 0 aliphatic rings. The SMILES string of the molecule is CCCC(C)C(=O)N(C)Cc1csc(C=CC(=O)O)c1. The van der Waals surface area contributed by atoms with Crippen molar-refractivity contribution in [3.8, 4) is 0 Å². The molecule has 4 nitrogen and oxygen atoms in total. The van der Waals surface area contributed by atoms with Crippen LogP contribution in [0.5, 0.6) is 0 Å². The maximum atomic E-state index is 12.1. The molecule has 0 aliphatic heterocycles. The molecule has 0 saturated carbocycles. The molecule has 0 spiro atoms. The Hall–Kier alpha value is -1.62. The summed E-state index contributed by atoms with van der Waals surface area (Å²) in [6.07, 6.45) is 4.59. The first-order chi connectivity index (χ1) is 9.43. The molecule has 1 atom stereocenters. The molecule has 110 valence electrons. The standard InChI is InChI=1S/C15H21NO3S/c1-4-5-11(2)15(19)16(3)9-12-8-13(20-10-12)6-7-14(17)18/h6-8,10-11H,4-5,9H2,1-3H3,(H,17,18). The van der Waals surface area contributed by atoms with Gasteiger partial charge in [-0.1, -0.05) is 20.3 Å². The normalized spacial score (nSPS) is 12.6. The van der Waals surface area contributed by atoms with Crippen molar-refractivity contribution >= 4 is 29.3 Å². The summed E-state index contributed by atoms with van der Waals surface area (Å²) in [4.78, 5) is 25.2. The van der Waals surface area contributed by atoms with Crippen LogP contribution in [0.25, 0.3) is 6.08 Å². The zero-order valence-corrected chi connectivity index (χ0v) is 12.9. The zero-order valence-electron chi connectivity index (χ0n) is 12.1. The number of thiophene rings is 1. The Morgan fingerprint density at radius 2 is 2.20 bits per heavy atom. The van der Waals surface area contributed by atoms with Crippen LogP contribution in [0.15, 0.2) is 17.5 Å². The number of carbonyl (C=O) groups excluding carboxylic acids is 1. The lowest BCUT2D eigenvalue weighted by Gasteiger charge is -2.20. The molecule has 0 radical (unpaired) electrons. The van der Waals surface area contributed by atoms with Crippen molar-refractivity contribution in [3.05, 3.63) is 28.0 Å². The summed E-state index contributed by atoms with van der Waals surface area (Å²) in [6.45, 7) is 4.59. The molecule has 1 aromatic rings. The number of carboxylic acid groups (broad SMARTS) is 1. The minimum Gasteiger partial charge on any atom is -0.478 e. The topological polar surface area (TPSA) is 57.6 Å². The Morgan fingerprint density at radius 3 is 2.80 bits per heavy atom. The highest BCUT2D eigenvalue weighted by atomic mass is 32.1. The van der Waals surface area contributed by atoms with Crippen LogP contribution in [0.2, 0.25) is 0 Å². The van der Waals surface area contributed by atoms with E-state index in [0.717, 1.165) is 29.4 Å². The second-order valence-electron chi connectivity index (χ2n) is 4.91. The van der Waals surface area contributed by atoms with E-state index >= 15 is 0 Å². The van der Waals surface area contributed by atoms with Gasteiger partial charge in [-0.2, -0.15) is 0 Å². The van der Waals surface area contributed by atoms with E-state index in [-0.39, 0.29) is 11.8 Å². The van der Waals surface area contributed by atoms with E-state index < -0.39 is 5.97 Å². The predicted octanol–water partition coefficient (Wildman–Crippen LogP) is 3.24. The van der Waals surface area contributed by atoms with Gasteiger partial charge in [-0.05, 0) is 29.5 Å². The van der Waals surface area contributed by atoms with E-state index in [0.29, 0.717) is 6.54 Å². The molecule has 1 unspecified atom stereocenters. The van der Waals surface area contributed by atoms with E-state index in [9.17, 15) is 9.59 Å². The molecule has 1 aromatic heterocycles. The molecule has 0 aromatic carbocycles. The molecule has 0 aliphatic carbocycles. The van der Waals surface area contributed by atoms with E-state index in [4.69, 9.17) is 5.11 Å². The fraction of sp³-hybridized carbons (Fsp3) is 0.467. The van der Waals surface area contributed by atoms with Crippen molar-refractivity contribution in [1.29, 1.82) is 0 Å². The van der Waals surface area contributed by atoms with E-state index in [1.807, 2.05) is 18.4 Å². The zero-order chi connectivity index (χ0) is 15.1. The van der Waals surface area contributed by atoms with Gasteiger partial charge in [0.2, 0.25) is 5.91 Å². The first-order valence-corrected chi connectivity index (χ1v) is 7.55. The van der Waals surface area contributed by atoms with Gasteiger partial charge in [-0.3, -0.25) is 4.79 Å². The Kier molecular flexibility index (Phi) is 6.45. The number of hydrogen-bond acceptors (Lipinski definition) is 3. The van der Waals surface area contributed by atoms with Gasteiger partial charge in [-0.15, -0.1) is 11.3 Å². The molecule has 0 bridgehead atoms. The molecule has 1 rings (SSSR count). The lowest BCUT2D eigenvalue weighted by molar-refractivity contribution is -0.134. The minimum absolute atomic E-state index is 0.0509. The highest BCUT2D eigenvalue weighted by Gasteiger charge is 2.16. The van der Waals surface area contributed by atoms with Crippen LogP contribution in [0.1, 0.15) is 37.1 Å². The maximum absolute atomic E-state index is 12.1. The third-order valence-corrected chi connectivity index (χ3v) is 3.95. The Balaban J connectivity index is 2.60. The largest absolute Gasteiger partial charge is 0.478 e. The van der Waals surface area contributed by atoms with Crippen LogP contribution < -0.4 is 0 Å². The van der Waals surface area contributed by atoms with Crippen molar-refractivity contribution in [2.24, 2.45) is 5.92 Å². The van der Waals surface area contributed by atoms with E-state index in [1.165, 1.54) is 11.3 Å². The highest BCUT2D eigenvalue weighted by molar-refractivity contribution is 7.11. The van der Waals surface area contributed by atoms with Gasteiger partial charge in [0.05, 0.1) is 0 Å². The minimum atomic E-state index is -0.958. The first kappa shape index (κ1) is 16.4. The van der Waals surface area contributed by atoms with Gasteiger partial charge >= 0.3 is 5.97 Å². The summed E-state index contributed by atoms with van der Waals surface area (Å²) < 4.78 is 0. The number of carbonyl (C=O) groups is 2. The van der Waals surface area contributed by atoms with E-state index in [1.54, 1.807) is 18.0 Å². The molecule has 1 heterocycles. The number of rotatable bonds is 7. The fourth-order valence-corrected chi connectivity index (χ4v) is 2.80. The van der Waals surface area contributed by atoms with Gasteiger partial charge in [0.1, 0.15) is 0 Å². The van der Waals surface area contributed by atoms with Crippen LogP contribution in [-0.4, -0.2) is 28.9 Å². The summed E-state index contributed by atoms with van der Waals surface area (Å²) in [7, 11) is 1.80. The number of nitrogens with zero attached hydrogens (tertiary/aromatic N) is 1. The smallest absolute Gasteiger partial charge is 0.328 e. The van der Waals surface area contributed by atoms with Crippen LogP contribution in [0.4, 0.5) is 0 Å². The molecule has 1 amide bonds. The lowest BCUT2D eigenvalue weighted by Crippen LogP contribution is -2.31. The van der Waals surface area contributed by atoms with Gasteiger partial charge in [0.15, 0.2) is 0 Å². The quantitative estimate of drug-likeness (QED) is 0.786. The van der Waals surface area contributed by atoms with Gasteiger partial charge in [-0.25, -0.2) is 4.79 Å². The number of hydrogen-bond donors (Lipinski definition) is 1. The number of aliphatic carboxylic acids is 1. The average molecular weight is 295 g/mol. The van der Waals surface area contributed by atoms with Crippen molar-refractivity contribution < 1.29 is 14.7 Å². The van der Waals surface area contributed by atoms with Crippen LogP contribution in [0.3, 0.4) is 0 Å². The van der Waals surface area contributed by atoms with Gasteiger partial charge in [0, 0.05) is 30.5 Å². The second kappa shape index (κ2) is 7.85. The van der Waals surface area contributed by atoms with Crippen LogP contribution in [0, 0.1) is 5.92 Å². The van der Waals surface area contributed by atoms with E-state index in [2.05, 4.69) is 6.92 Å². The van der Waals surface area contributed by atoms with Crippen LogP contribution in [-0.2, 0) is 16.1 Å². The Labute approximate surface area is 123 Å². The summed E-state index contributed by atoms with van der Waals surface area (Å²) in [6, 6.07) is 1.92. The highest BCUT2D eigenvalue weighted by Crippen LogP contribution is 2.19. The molecule has 20 heavy (non-hydrogen) atoms. The fourth-order valence-electron chi connectivity index (χ4n) is 2.00. The molecular weight excluding hydrogens is 274 g/mol. The second-order valence-corrected chi connectivity index (χ2v) is 5.86. The lowest BCUT2D eigenvalue weighted by atomic mass is 10.0. The van der Waals surface area contributed by atoms with Crippen molar-refractivity contribution in [2.45, 2.75) is 33.2 Å². The van der Waals surface area contributed by atoms with Gasteiger partial charge < -0.3 is 10.0 Å². The molecule has 0 fully saturated rings. The first-order valence-electron chi connectivity index (χ1n) is 6.67. The monoisotopic (exact) mass is 295 g/mol. The summed E-state index contributed by atoms with van der Waals surface area (Å²) in [5, 5.41) is 10.5. The summed E-state index contributed by atoms with van der Waals surface area (Å²) in [5.74, 6) is -0.753. The van der Waals surface area contributed by atoms with Crippen molar-refractivity contribution in [3.63, 3.8) is 0 Å². The molecular formula is C15H21NO3S. The van der Waals surface area contributed by atoms with Gasteiger partial charge in [0.25, 0.3) is 0 Å². The summed E-state index contributed by atoms with van der Waals surface area (Å²) in [5.41, 5.74) is 1.03. The maximum Gasteiger partial charge on any atom is 0.328 e. The van der Waals surface area contributed by atoms with Crippen LogP contribution >= 0.6 is 11.3 Å².